The first-order valence-electron chi connectivity index (χ1n) is 12.1. The van der Waals surface area contributed by atoms with E-state index in [1.807, 2.05) is 67.7 Å². The van der Waals surface area contributed by atoms with Crippen LogP contribution in [0.1, 0.15) is 23.6 Å². The molecule has 9 heteroatoms. The van der Waals surface area contributed by atoms with Crippen LogP contribution in [-0.4, -0.2) is 49.0 Å². The van der Waals surface area contributed by atoms with Gasteiger partial charge in [-0.25, -0.2) is 9.80 Å². The molecule has 1 unspecified atom stereocenters. The Bertz CT molecular complexity index is 1500. The quantitative estimate of drug-likeness (QED) is 0.310. The molecule has 0 spiro atoms. The predicted octanol–water partition coefficient (Wildman–Crippen LogP) is 6.49. The largest absolute Gasteiger partial charge is 0.493 e. The van der Waals surface area contributed by atoms with Crippen LogP contribution in [-0.2, 0) is 6.42 Å². The summed E-state index contributed by atoms with van der Waals surface area (Å²) in [6, 6.07) is 19.5. The molecule has 0 bridgehead atoms. The summed E-state index contributed by atoms with van der Waals surface area (Å²) in [6.45, 7) is 1.98. The number of carbonyl (C=O) groups is 1. The van der Waals surface area contributed by atoms with Gasteiger partial charge in [0, 0.05) is 29.9 Å². The molecular formula is C29H27ClN4O3S. The molecule has 1 aliphatic rings. The van der Waals surface area contributed by atoms with Crippen molar-refractivity contribution in [3.63, 3.8) is 0 Å². The third kappa shape index (κ3) is 4.97. The Morgan fingerprint density at radius 2 is 1.68 bits per heavy atom. The first-order valence-corrected chi connectivity index (χ1v) is 13.3. The summed E-state index contributed by atoms with van der Waals surface area (Å²) in [5.41, 5.74) is 6.40. The number of aromatic nitrogens is 1. The topological polar surface area (TPSA) is 76.1 Å². The summed E-state index contributed by atoms with van der Waals surface area (Å²) in [5, 5.41) is 9.04. The van der Waals surface area contributed by atoms with Crippen molar-refractivity contribution in [3.8, 4) is 33.2 Å². The number of hydrogen-bond acceptors (Lipinski definition) is 6. The van der Waals surface area contributed by atoms with Gasteiger partial charge in [-0.15, -0.1) is 11.3 Å². The Balaban J connectivity index is 1.53. The second-order valence-electron chi connectivity index (χ2n) is 8.88. The maximum Gasteiger partial charge on any atom is 0.337 e. The lowest BCUT2D eigenvalue weighted by molar-refractivity contribution is 0.184. The van der Waals surface area contributed by atoms with Crippen LogP contribution < -0.4 is 14.8 Å². The molecule has 0 saturated heterocycles. The van der Waals surface area contributed by atoms with Gasteiger partial charge in [0.05, 0.1) is 40.9 Å². The highest BCUT2D eigenvalue weighted by Crippen LogP contribution is 2.35. The van der Waals surface area contributed by atoms with E-state index in [1.54, 1.807) is 21.3 Å². The second kappa shape index (κ2) is 10.8. The molecule has 7 nitrogen and oxygen atoms in total. The van der Waals surface area contributed by atoms with Gasteiger partial charge in [-0.1, -0.05) is 41.9 Å². The van der Waals surface area contributed by atoms with Crippen molar-refractivity contribution in [1.82, 2.24) is 15.3 Å². The number of halogens is 1. The number of benzene rings is 2. The normalized spacial score (nSPS) is 14.8. The minimum atomic E-state index is -0.267. The van der Waals surface area contributed by atoms with Gasteiger partial charge < -0.3 is 14.8 Å². The maximum absolute atomic E-state index is 12.7. The van der Waals surface area contributed by atoms with Gasteiger partial charge in [0.25, 0.3) is 0 Å². The van der Waals surface area contributed by atoms with Gasteiger partial charge in [0.15, 0.2) is 11.5 Å². The van der Waals surface area contributed by atoms with Gasteiger partial charge in [0.1, 0.15) is 0 Å². The van der Waals surface area contributed by atoms with E-state index >= 15 is 0 Å². The smallest absolute Gasteiger partial charge is 0.337 e. The second-order valence-corrected chi connectivity index (χ2v) is 10.6. The van der Waals surface area contributed by atoms with E-state index in [0.717, 1.165) is 42.7 Å². The molecule has 194 valence electrons. The molecule has 2 aromatic heterocycles. The number of hydrazone groups is 1. The third-order valence-electron chi connectivity index (χ3n) is 6.51. The van der Waals surface area contributed by atoms with Crippen molar-refractivity contribution >= 4 is 34.7 Å². The standard InChI is InChI=1S/C29H27ClN4O3S/c1-17-13-21-14-24(36-3)25(37-4)15-22(21)28(33-34(17)29(35)31-2)19-7-5-18(6-8-19)20-9-10-23(32-16-20)26-11-12-27(30)38-26/h5-12,14-17H,13H2,1-4H3,(H,31,35). The van der Waals surface area contributed by atoms with E-state index < -0.39 is 0 Å². The van der Waals surface area contributed by atoms with Gasteiger partial charge in [-0.05, 0) is 54.8 Å². The van der Waals surface area contributed by atoms with Crippen LogP contribution >= 0.6 is 22.9 Å². The Kier molecular flexibility index (Phi) is 7.35. The summed E-state index contributed by atoms with van der Waals surface area (Å²) in [5.74, 6) is 1.25. The summed E-state index contributed by atoms with van der Waals surface area (Å²) in [4.78, 5) is 18.4. The van der Waals surface area contributed by atoms with Crippen molar-refractivity contribution in [1.29, 1.82) is 0 Å². The molecule has 1 aliphatic heterocycles. The lowest BCUT2D eigenvalue weighted by Gasteiger charge is -2.22. The minimum Gasteiger partial charge on any atom is -0.493 e. The van der Waals surface area contributed by atoms with Crippen molar-refractivity contribution in [2.24, 2.45) is 5.10 Å². The van der Waals surface area contributed by atoms with Crippen LogP contribution in [0.25, 0.3) is 21.7 Å². The fourth-order valence-electron chi connectivity index (χ4n) is 4.53. The average Bonchev–Trinajstić information content (AvgIpc) is 3.33. The van der Waals surface area contributed by atoms with Crippen LogP contribution in [0, 0.1) is 0 Å². The lowest BCUT2D eigenvalue weighted by atomic mass is 9.93. The molecule has 2 aromatic carbocycles. The monoisotopic (exact) mass is 546 g/mol. The molecule has 3 heterocycles. The summed E-state index contributed by atoms with van der Waals surface area (Å²) in [6.07, 6.45) is 2.48. The molecule has 4 aromatic rings. The van der Waals surface area contributed by atoms with Crippen LogP contribution in [0.2, 0.25) is 4.34 Å². The zero-order chi connectivity index (χ0) is 26.8. The molecule has 1 N–H and O–H groups in total. The van der Waals surface area contributed by atoms with Crippen LogP contribution in [0.3, 0.4) is 0 Å². The molecule has 1 atom stereocenters. The van der Waals surface area contributed by atoms with E-state index in [1.165, 1.54) is 16.3 Å². The minimum absolute atomic E-state index is 0.161. The van der Waals surface area contributed by atoms with Gasteiger partial charge in [-0.2, -0.15) is 5.10 Å². The van der Waals surface area contributed by atoms with E-state index in [-0.39, 0.29) is 12.1 Å². The molecule has 0 saturated carbocycles. The van der Waals surface area contributed by atoms with Crippen molar-refractivity contribution < 1.29 is 14.3 Å². The highest BCUT2D eigenvalue weighted by molar-refractivity contribution is 7.19. The summed E-state index contributed by atoms with van der Waals surface area (Å²) >= 11 is 7.58. The van der Waals surface area contributed by atoms with E-state index in [4.69, 9.17) is 26.2 Å². The highest BCUT2D eigenvalue weighted by atomic mass is 35.5. The highest BCUT2D eigenvalue weighted by Gasteiger charge is 2.28. The number of rotatable bonds is 5. The van der Waals surface area contributed by atoms with Gasteiger partial charge in [0.2, 0.25) is 0 Å². The van der Waals surface area contributed by atoms with Crippen LogP contribution in [0.15, 0.2) is 72.0 Å². The number of urea groups is 1. The number of amides is 2. The molecule has 2 amide bonds. The Morgan fingerprint density at radius 1 is 1.00 bits per heavy atom. The van der Waals surface area contributed by atoms with Crippen molar-refractivity contribution in [3.05, 3.63) is 87.9 Å². The molecule has 5 rings (SSSR count). The van der Waals surface area contributed by atoms with Crippen molar-refractivity contribution in [2.45, 2.75) is 19.4 Å². The summed E-state index contributed by atoms with van der Waals surface area (Å²) in [7, 11) is 4.83. The van der Waals surface area contributed by atoms with Crippen LogP contribution in [0.5, 0.6) is 11.5 Å². The van der Waals surface area contributed by atoms with Crippen LogP contribution in [0.4, 0.5) is 4.79 Å². The number of carbonyl (C=O) groups excluding carboxylic acids is 1. The molecule has 0 aliphatic carbocycles. The fourth-order valence-corrected chi connectivity index (χ4v) is 5.55. The van der Waals surface area contributed by atoms with Crippen molar-refractivity contribution in [2.75, 3.05) is 21.3 Å². The van der Waals surface area contributed by atoms with E-state index in [0.29, 0.717) is 23.6 Å². The maximum atomic E-state index is 12.7. The number of nitrogens with zero attached hydrogens (tertiary/aromatic N) is 3. The van der Waals surface area contributed by atoms with E-state index in [2.05, 4.69) is 16.4 Å². The molecular weight excluding hydrogens is 520 g/mol. The SMILES string of the molecule is CNC(=O)N1N=C(c2ccc(-c3ccc(-c4ccc(Cl)s4)nc3)cc2)c2cc(OC)c(OC)cc2CC1C. The number of pyridine rings is 1. The number of ether oxygens (including phenoxy) is 2. The average molecular weight is 547 g/mol. The number of hydrogen-bond donors (Lipinski definition) is 1. The third-order valence-corrected chi connectivity index (χ3v) is 7.76. The zero-order valence-electron chi connectivity index (χ0n) is 21.5. The number of nitrogens with one attached hydrogen (secondary N) is 1. The lowest BCUT2D eigenvalue weighted by Crippen LogP contribution is -2.41. The molecule has 0 fully saturated rings. The Morgan fingerprint density at radius 3 is 2.29 bits per heavy atom. The Labute approximate surface area is 230 Å². The van der Waals surface area contributed by atoms with Gasteiger partial charge in [-0.3, -0.25) is 4.98 Å². The summed E-state index contributed by atoms with van der Waals surface area (Å²) < 4.78 is 11.9. The number of fused-ring (bicyclic) bond motifs is 1. The number of thiophene rings is 1. The zero-order valence-corrected chi connectivity index (χ0v) is 23.1. The van der Waals surface area contributed by atoms with Gasteiger partial charge >= 0.3 is 6.03 Å². The first-order chi connectivity index (χ1) is 18.4. The molecule has 0 radical (unpaired) electrons. The number of methoxy groups -OCH3 is 2. The first kappa shape index (κ1) is 25.8. The predicted molar refractivity (Wildman–Crippen MR) is 153 cm³/mol. The van der Waals surface area contributed by atoms with E-state index in [9.17, 15) is 4.79 Å². The fraction of sp³-hybridized carbons (Fsp3) is 0.207. The molecule has 38 heavy (non-hydrogen) atoms. The Hall–Kier alpha value is -3.88.